The fourth-order valence-corrected chi connectivity index (χ4v) is 2.25. The van der Waals surface area contributed by atoms with Crippen LogP contribution in [0, 0.1) is 0 Å². The van der Waals surface area contributed by atoms with E-state index in [9.17, 15) is 0 Å². The zero-order valence-corrected chi connectivity index (χ0v) is 13.0. The van der Waals surface area contributed by atoms with Crippen molar-refractivity contribution in [2.24, 2.45) is 0 Å². The second-order valence-electron chi connectivity index (χ2n) is 4.72. The summed E-state index contributed by atoms with van der Waals surface area (Å²) in [4.78, 5) is 4.39. The van der Waals surface area contributed by atoms with Crippen molar-refractivity contribution in [1.82, 2.24) is 9.55 Å². The van der Waals surface area contributed by atoms with Crippen LogP contribution in [0.25, 0.3) is 0 Å². The first-order chi connectivity index (χ1) is 9.20. The topological polar surface area (TPSA) is 29.9 Å². The van der Waals surface area contributed by atoms with E-state index in [0.29, 0.717) is 0 Å². The molecule has 4 heteroatoms. The van der Waals surface area contributed by atoms with Crippen molar-refractivity contribution < 1.29 is 0 Å². The quantitative estimate of drug-likeness (QED) is 0.841. The number of unbranched alkanes of at least 4 members (excludes halogenated alkanes) is 1. The number of hydrogen-bond donors (Lipinski definition) is 1. The monoisotopic (exact) mass is 321 g/mol. The summed E-state index contributed by atoms with van der Waals surface area (Å²) in [6, 6.07) is 8.63. The van der Waals surface area contributed by atoms with E-state index in [0.717, 1.165) is 17.0 Å². The fourth-order valence-electron chi connectivity index (χ4n) is 1.99. The SMILES string of the molecule is CCCCn1ccnc1NC(C)c1ccc(Br)cc1. The maximum atomic E-state index is 4.39. The zero-order chi connectivity index (χ0) is 13.7. The van der Waals surface area contributed by atoms with Crippen molar-refractivity contribution in [2.45, 2.75) is 39.3 Å². The van der Waals surface area contributed by atoms with Crippen molar-refractivity contribution in [1.29, 1.82) is 0 Å². The molecule has 1 aromatic carbocycles. The summed E-state index contributed by atoms with van der Waals surface area (Å²) in [5, 5.41) is 3.47. The van der Waals surface area contributed by atoms with Gasteiger partial charge < -0.3 is 9.88 Å². The minimum atomic E-state index is 0.246. The van der Waals surface area contributed by atoms with Crippen molar-refractivity contribution in [3.63, 3.8) is 0 Å². The molecule has 1 aromatic heterocycles. The Balaban J connectivity index is 2.04. The molecule has 0 aliphatic heterocycles. The standard InChI is InChI=1S/C15H20BrN3/c1-3-4-10-19-11-9-17-15(19)18-12(2)13-5-7-14(16)8-6-13/h5-9,11-12H,3-4,10H2,1-2H3,(H,17,18). The molecule has 3 nitrogen and oxygen atoms in total. The summed E-state index contributed by atoms with van der Waals surface area (Å²) in [6.45, 7) is 5.38. The number of benzene rings is 1. The van der Waals surface area contributed by atoms with Crippen molar-refractivity contribution >= 4 is 21.9 Å². The first-order valence-electron chi connectivity index (χ1n) is 6.74. The molecule has 2 rings (SSSR count). The Kier molecular flexibility index (Phi) is 5.02. The van der Waals surface area contributed by atoms with Crippen LogP contribution in [-0.2, 0) is 6.54 Å². The summed E-state index contributed by atoms with van der Waals surface area (Å²) in [6.07, 6.45) is 6.26. The highest BCUT2D eigenvalue weighted by atomic mass is 79.9. The maximum absolute atomic E-state index is 4.39. The second-order valence-corrected chi connectivity index (χ2v) is 5.63. The normalized spacial score (nSPS) is 12.4. The molecule has 0 aliphatic rings. The number of nitrogens with one attached hydrogen (secondary N) is 1. The van der Waals surface area contributed by atoms with Gasteiger partial charge in [-0.2, -0.15) is 0 Å². The van der Waals surface area contributed by atoms with E-state index in [-0.39, 0.29) is 6.04 Å². The number of hydrogen-bond acceptors (Lipinski definition) is 2. The highest BCUT2D eigenvalue weighted by Crippen LogP contribution is 2.20. The molecule has 0 fully saturated rings. The first kappa shape index (κ1) is 14.1. The van der Waals surface area contributed by atoms with Gasteiger partial charge in [-0.3, -0.25) is 0 Å². The van der Waals surface area contributed by atoms with Gasteiger partial charge in [0.05, 0.1) is 6.04 Å². The van der Waals surface area contributed by atoms with Gasteiger partial charge in [-0.05, 0) is 31.0 Å². The van der Waals surface area contributed by atoms with Crippen molar-refractivity contribution in [3.8, 4) is 0 Å². The Hall–Kier alpha value is -1.29. The summed E-state index contributed by atoms with van der Waals surface area (Å²) in [5.74, 6) is 0.948. The van der Waals surface area contributed by atoms with E-state index in [4.69, 9.17) is 0 Å². The molecule has 0 spiro atoms. The van der Waals surface area contributed by atoms with E-state index >= 15 is 0 Å². The van der Waals surface area contributed by atoms with Crippen LogP contribution in [0.3, 0.4) is 0 Å². The van der Waals surface area contributed by atoms with Crippen LogP contribution in [0.2, 0.25) is 0 Å². The molecule has 1 heterocycles. The summed E-state index contributed by atoms with van der Waals surface area (Å²) in [5.41, 5.74) is 1.26. The Morgan fingerprint density at radius 3 is 2.74 bits per heavy atom. The smallest absolute Gasteiger partial charge is 0.203 e. The molecule has 0 radical (unpaired) electrons. The zero-order valence-electron chi connectivity index (χ0n) is 11.4. The van der Waals surface area contributed by atoms with Crippen LogP contribution in [0.1, 0.15) is 38.3 Å². The number of halogens is 1. The number of imidazole rings is 1. The van der Waals surface area contributed by atoms with Gasteiger partial charge in [-0.15, -0.1) is 0 Å². The lowest BCUT2D eigenvalue weighted by Gasteiger charge is -2.16. The largest absolute Gasteiger partial charge is 0.349 e. The van der Waals surface area contributed by atoms with E-state index in [1.165, 1.54) is 18.4 Å². The molecule has 0 amide bonds. The molecule has 0 saturated heterocycles. The van der Waals surface area contributed by atoms with Gasteiger partial charge >= 0.3 is 0 Å². The second kappa shape index (κ2) is 6.75. The van der Waals surface area contributed by atoms with E-state index < -0.39 is 0 Å². The van der Waals surface area contributed by atoms with Gasteiger partial charge in [-0.1, -0.05) is 41.4 Å². The lowest BCUT2D eigenvalue weighted by molar-refractivity contribution is 0.631. The average molecular weight is 322 g/mol. The van der Waals surface area contributed by atoms with Crippen molar-refractivity contribution in [2.75, 3.05) is 5.32 Å². The van der Waals surface area contributed by atoms with Crippen LogP contribution in [0.15, 0.2) is 41.1 Å². The van der Waals surface area contributed by atoms with Crippen LogP contribution in [-0.4, -0.2) is 9.55 Å². The van der Waals surface area contributed by atoms with E-state index in [1.54, 1.807) is 0 Å². The molecule has 0 aliphatic carbocycles. The molecule has 19 heavy (non-hydrogen) atoms. The summed E-state index contributed by atoms with van der Waals surface area (Å²) >= 11 is 3.46. The van der Waals surface area contributed by atoms with Crippen molar-refractivity contribution in [3.05, 3.63) is 46.7 Å². The highest BCUT2D eigenvalue weighted by molar-refractivity contribution is 9.10. The third-order valence-electron chi connectivity index (χ3n) is 3.18. The average Bonchev–Trinajstić information content (AvgIpc) is 2.84. The Morgan fingerprint density at radius 1 is 1.32 bits per heavy atom. The minimum absolute atomic E-state index is 0.246. The van der Waals surface area contributed by atoms with Gasteiger partial charge in [0, 0.05) is 23.4 Å². The lowest BCUT2D eigenvalue weighted by Crippen LogP contribution is -2.11. The van der Waals surface area contributed by atoms with Crippen LogP contribution >= 0.6 is 15.9 Å². The van der Waals surface area contributed by atoms with Gasteiger partial charge in [0.2, 0.25) is 5.95 Å². The molecular weight excluding hydrogens is 302 g/mol. The van der Waals surface area contributed by atoms with Crippen LogP contribution in [0.4, 0.5) is 5.95 Å². The highest BCUT2D eigenvalue weighted by Gasteiger charge is 2.08. The predicted molar refractivity (Wildman–Crippen MR) is 83.3 cm³/mol. The predicted octanol–water partition coefficient (Wildman–Crippen LogP) is 4.62. The fraction of sp³-hybridized carbons (Fsp3) is 0.400. The minimum Gasteiger partial charge on any atom is -0.349 e. The third kappa shape index (κ3) is 3.83. The molecule has 1 unspecified atom stereocenters. The molecule has 0 saturated carbocycles. The molecule has 1 N–H and O–H groups in total. The van der Waals surface area contributed by atoms with Gasteiger partial charge in [0.25, 0.3) is 0 Å². The maximum Gasteiger partial charge on any atom is 0.203 e. The van der Waals surface area contributed by atoms with Gasteiger partial charge in [0.1, 0.15) is 0 Å². The Bertz CT molecular complexity index is 504. The molecule has 2 aromatic rings. The number of rotatable bonds is 6. The van der Waals surface area contributed by atoms with Crippen LogP contribution in [0.5, 0.6) is 0 Å². The molecular formula is C15H20BrN3. The summed E-state index contributed by atoms with van der Waals surface area (Å²) in [7, 11) is 0. The lowest BCUT2D eigenvalue weighted by atomic mass is 10.1. The molecule has 102 valence electrons. The number of aromatic nitrogens is 2. The Morgan fingerprint density at radius 2 is 2.05 bits per heavy atom. The number of nitrogens with zero attached hydrogens (tertiary/aromatic N) is 2. The van der Waals surface area contributed by atoms with E-state index in [2.05, 4.69) is 68.9 Å². The number of aryl methyl sites for hydroxylation is 1. The number of anilines is 1. The van der Waals surface area contributed by atoms with Crippen LogP contribution < -0.4 is 5.32 Å². The van der Waals surface area contributed by atoms with E-state index in [1.807, 2.05) is 12.4 Å². The molecule has 1 atom stereocenters. The first-order valence-corrected chi connectivity index (χ1v) is 7.53. The third-order valence-corrected chi connectivity index (χ3v) is 3.71. The summed E-state index contributed by atoms with van der Waals surface area (Å²) < 4.78 is 3.28. The molecule has 0 bridgehead atoms. The van der Waals surface area contributed by atoms with Gasteiger partial charge in [-0.25, -0.2) is 4.98 Å². The Labute approximate surface area is 123 Å². The van der Waals surface area contributed by atoms with Gasteiger partial charge in [0.15, 0.2) is 0 Å².